The lowest BCUT2D eigenvalue weighted by Gasteiger charge is -2.23. The van der Waals surface area contributed by atoms with Gasteiger partial charge < -0.3 is 5.32 Å². The molecule has 1 N–H and O–H groups in total. The van der Waals surface area contributed by atoms with E-state index in [0.29, 0.717) is 18.2 Å². The number of fused-ring (bicyclic) bond motifs is 1. The van der Waals surface area contributed by atoms with Gasteiger partial charge in [-0.1, -0.05) is 18.2 Å². The molecule has 27 heavy (non-hydrogen) atoms. The summed E-state index contributed by atoms with van der Waals surface area (Å²) in [6, 6.07) is 15.0. The van der Waals surface area contributed by atoms with Crippen LogP contribution in [0.15, 0.2) is 54.7 Å². The SMILES string of the molecule is CNC(=O)c1ccc(CN(Cc2cc(F)cc3cccnc23)C2CC2)cc1. The lowest BCUT2D eigenvalue weighted by Crippen LogP contribution is -2.25. The largest absolute Gasteiger partial charge is 0.355 e. The van der Waals surface area contributed by atoms with Crippen LogP contribution in [-0.4, -0.2) is 28.9 Å². The third-order valence-electron chi connectivity index (χ3n) is 5.01. The number of benzene rings is 2. The van der Waals surface area contributed by atoms with Crippen LogP contribution in [0, 0.1) is 5.82 Å². The first-order valence-electron chi connectivity index (χ1n) is 9.22. The average Bonchev–Trinajstić information content (AvgIpc) is 3.52. The highest BCUT2D eigenvalue weighted by atomic mass is 19.1. The zero-order valence-corrected chi connectivity index (χ0v) is 15.3. The Morgan fingerprint density at radius 1 is 1.19 bits per heavy atom. The molecule has 1 aliphatic carbocycles. The van der Waals surface area contributed by atoms with Crippen molar-refractivity contribution in [3.05, 3.63) is 77.2 Å². The molecule has 1 aromatic heterocycles. The quantitative estimate of drug-likeness (QED) is 0.722. The maximum Gasteiger partial charge on any atom is 0.251 e. The van der Waals surface area contributed by atoms with Crippen molar-refractivity contribution in [2.45, 2.75) is 32.0 Å². The first kappa shape index (κ1) is 17.6. The Balaban J connectivity index is 1.57. The highest BCUT2D eigenvalue weighted by Gasteiger charge is 2.29. The van der Waals surface area contributed by atoms with E-state index in [0.717, 1.165) is 41.4 Å². The number of hydrogen-bond donors (Lipinski definition) is 1. The molecule has 1 heterocycles. The van der Waals surface area contributed by atoms with Gasteiger partial charge in [0, 0.05) is 43.3 Å². The Morgan fingerprint density at radius 3 is 2.67 bits per heavy atom. The van der Waals surface area contributed by atoms with Crippen LogP contribution in [0.2, 0.25) is 0 Å². The molecule has 1 amide bonds. The van der Waals surface area contributed by atoms with Gasteiger partial charge >= 0.3 is 0 Å². The smallest absolute Gasteiger partial charge is 0.251 e. The van der Waals surface area contributed by atoms with E-state index in [1.165, 1.54) is 6.07 Å². The number of nitrogens with one attached hydrogen (secondary N) is 1. The predicted octanol–water partition coefficient (Wildman–Crippen LogP) is 3.90. The summed E-state index contributed by atoms with van der Waals surface area (Å²) in [5.74, 6) is -0.311. The average molecular weight is 363 g/mol. The van der Waals surface area contributed by atoms with Crippen molar-refractivity contribution in [3.63, 3.8) is 0 Å². The first-order valence-corrected chi connectivity index (χ1v) is 9.22. The molecule has 4 rings (SSSR count). The fraction of sp³-hybridized carbons (Fsp3) is 0.273. The maximum absolute atomic E-state index is 14.1. The zero-order valence-electron chi connectivity index (χ0n) is 15.3. The molecule has 5 heteroatoms. The van der Waals surface area contributed by atoms with E-state index in [1.807, 2.05) is 36.4 Å². The molecule has 138 valence electrons. The van der Waals surface area contributed by atoms with Crippen molar-refractivity contribution in [1.82, 2.24) is 15.2 Å². The van der Waals surface area contributed by atoms with Gasteiger partial charge in [-0.05, 0) is 54.3 Å². The Morgan fingerprint density at radius 2 is 1.96 bits per heavy atom. The number of hydrogen-bond acceptors (Lipinski definition) is 3. The van der Waals surface area contributed by atoms with Crippen LogP contribution in [-0.2, 0) is 13.1 Å². The van der Waals surface area contributed by atoms with Crippen LogP contribution in [0.25, 0.3) is 10.9 Å². The molecule has 2 aromatic carbocycles. The van der Waals surface area contributed by atoms with E-state index >= 15 is 0 Å². The molecular formula is C22H22FN3O. The minimum absolute atomic E-state index is 0.0853. The molecule has 1 saturated carbocycles. The zero-order chi connectivity index (χ0) is 18.8. The third-order valence-corrected chi connectivity index (χ3v) is 5.01. The fourth-order valence-electron chi connectivity index (χ4n) is 3.46. The number of aromatic nitrogens is 1. The molecule has 1 fully saturated rings. The van der Waals surface area contributed by atoms with Crippen molar-refractivity contribution in [3.8, 4) is 0 Å². The van der Waals surface area contributed by atoms with Crippen LogP contribution in [0.1, 0.15) is 34.3 Å². The van der Waals surface area contributed by atoms with E-state index < -0.39 is 0 Å². The minimum atomic E-state index is -0.226. The number of rotatable bonds is 6. The van der Waals surface area contributed by atoms with Gasteiger partial charge in [0.25, 0.3) is 5.91 Å². The number of nitrogens with zero attached hydrogens (tertiary/aromatic N) is 2. The topological polar surface area (TPSA) is 45.2 Å². The van der Waals surface area contributed by atoms with E-state index in [9.17, 15) is 9.18 Å². The molecule has 0 bridgehead atoms. The van der Waals surface area contributed by atoms with Gasteiger partial charge in [-0.3, -0.25) is 14.7 Å². The number of pyridine rings is 1. The highest BCUT2D eigenvalue weighted by molar-refractivity contribution is 5.93. The Hall–Kier alpha value is -2.79. The van der Waals surface area contributed by atoms with Crippen molar-refractivity contribution in [1.29, 1.82) is 0 Å². The summed E-state index contributed by atoms with van der Waals surface area (Å²) >= 11 is 0. The lowest BCUT2D eigenvalue weighted by molar-refractivity contribution is 0.0963. The molecule has 4 nitrogen and oxygen atoms in total. The van der Waals surface area contributed by atoms with Crippen LogP contribution in [0.3, 0.4) is 0 Å². The third kappa shape index (κ3) is 3.98. The monoisotopic (exact) mass is 363 g/mol. The summed E-state index contributed by atoms with van der Waals surface area (Å²) in [5, 5.41) is 3.46. The Kier molecular flexibility index (Phi) is 4.86. The predicted molar refractivity (Wildman–Crippen MR) is 104 cm³/mol. The molecule has 0 saturated heterocycles. The molecule has 0 atom stereocenters. The summed E-state index contributed by atoms with van der Waals surface area (Å²) in [7, 11) is 1.63. The number of amides is 1. The fourth-order valence-corrected chi connectivity index (χ4v) is 3.46. The van der Waals surface area contributed by atoms with Crippen LogP contribution in [0.4, 0.5) is 4.39 Å². The van der Waals surface area contributed by atoms with Crippen LogP contribution in [0.5, 0.6) is 0 Å². The van der Waals surface area contributed by atoms with Gasteiger partial charge in [-0.15, -0.1) is 0 Å². The summed E-state index contributed by atoms with van der Waals surface area (Å²) in [4.78, 5) is 18.5. The Labute approximate surface area is 158 Å². The number of carbonyl (C=O) groups excluding carboxylic acids is 1. The van der Waals surface area contributed by atoms with Crippen molar-refractivity contribution in [2.24, 2.45) is 0 Å². The summed E-state index contributed by atoms with van der Waals surface area (Å²) in [6.45, 7) is 1.43. The van der Waals surface area contributed by atoms with Gasteiger partial charge in [-0.2, -0.15) is 0 Å². The second-order valence-electron chi connectivity index (χ2n) is 7.05. The van der Waals surface area contributed by atoms with E-state index in [-0.39, 0.29) is 11.7 Å². The van der Waals surface area contributed by atoms with E-state index in [4.69, 9.17) is 0 Å². The minimum Gasteiger partial charge on any atom is -0.355 e. The molecule has 1 aliphatic rings. The Bertz CT molecular complexity index is 967. The van der Waals surface area contributed by atoms with Crippen molar-refractivity contribution >= 4 is 16.8 Å². The molecule has 0 unspecified atom stereocenters. The molecule has 0 radical (unpaired) electrons. The van der Waals surface area contributed by atoms with Gasteiger partial charge in [0.05, 0.1) is 5.52 Å². The second kappa shape index (κ2) is 7.45. The summed E-state index contributed by atoms with van der Waals surface area (Å²) in [5.41, 5.74) is 3.57. The normalized spacial score (nSPS) is 13.9. The van der Waals surface area contributed by atoms with Crippen LogP contribution >= 0.6 is 0 Å². The molecule has 0 spiro atoms. The second-order valence-corrected chi connectivity index (χ2v) is 7.05. The van der Waals surface area contributed by atoms with Gasteiger partial charge in [0.1, 0.15) is 5.82 Å². The summed E-state index contributed by atoms with van der Waals surface area (Å²) in [6.07, 6.45) is 4.08. The van der Waals surface area contributed by atoms with E-state index in [1.54, 1.807) is 19.3 Å². The molecular weight excluding hydrogens is 341 g/mol. The lowest BCUT2D eigenvalue weighted by atomic mass is 10.1. The number of carbonyl (C=O) groups is 1. The van der Waals surface area contributed by atoms with Crippen molar-refractivity contribution in [2.75, 3.05) is 7.05 Å². The standard InChI is InChI=1S/C22H22FN3O/c1-24-22(27)16-6-4-15(5-7-16)13-26(20-8-9-20)14-18-12-19(23)11-17-3-2-10-25-21(17)18/h2-7,10-12,20H,8-9,13-14H2,1H3,(H,24,27). The molecule has 0 aliphatic heterocycles. The van der Waals surface area contributed by atoms with Crippen molar-refractivity contribution < 1.29 is 9.18 Å². The molecule has 3 aromatic rings. The first-order chi connectivity index (χ1) is 13.1. The van der Waals surface area contributed by atoms with E-state index in [2.05, 4.69) is 15.2 Å². The summed E-state index contributed by atoms with van der Waals surface area (Å²) < 4.78 is 14.1. The van der Waals surface area contributed by atoms with Crippen LogP contribution < -0.4 is 5.32 Å². The number of halogens is 1. The van der Waals surface area contributed by atoms with Gasteiger partial charge in [0.15, 0.2) is 0 Å². The van der Waals surface area contributed by atoms with Gasteiger partial charge in [-0.25, -0.2) is 4.39 Å². The highest BCUT2D eigenvalue weighted by Crippen LogP contribution is 2.31. The maximum atomic E-state index is 14.1. The van der Waals surface area contributed by atoms with Gasteiger partial charge in [0.2, 0.25) is 0 Å².